The number of halogens is 1. The van der Waals surface area contributed by atoms with Gasteiger partial charge in [-0.1, -0.05) is 17.7 Å². The van der Waals surface area contributed by atoms with Crippen LogP contribution in [0.3, 0.4) is 0 Å². The molecule has 5 atom stereocenters. The number of aromatic nitrogens is 6. The van der Waals surface area contributed by atoms with Gasteiger partial charge in [-0.25, -0.2) is 14.5 Å². The maximum absolute atomic E-state index is 13.3. The molecule has 234 valence electrons. The number of piperidine rings is 1. The summed E-state index contributed by atoms with van der Waals surface area (Å²) in [5.41, 5.74) is 3.70. The zero-order valence-corrected chi connectivity index (χ0v) is 26.5. The Kier molecular flexibility index (Phi) is 5.76. The lowest BCUT2D eigenvalue weighted by Crippen LogP contribution is -2.89. The summed E-state index contributed by atoms with van der Waals surface area (Å²) in [6.07, 6.45) is 14.3. The number of aliphatic hydroxyl groups is 1. The Hall–Kier alpha value is -4.92. The van der Waals surface area contributed by atoms with Crippen molar-refractivity contribution in [3.05, 3.63) is 89.4 Å². The molecule has 5 aromatic rings. The number of nitriles is 1. The summed E-state index contributed by atoms with van der Waals surface area (Å²) in [7, 11) is 0. The second-order valence-electron chi connectivity index (χ2n) is 13.9. The van der Waals surface area contributed by atoms with Crippen molar-refractivity contribution >= 4 is 28.8 Å². The lowest BCUT2D eigenvalue weighted by atomic mass is 9.43. The Bertz CT molecular complexity index is 2150. The SMILES string of the molecule is CC(C)(O)c1ccc(-c2cc(-c3cnc(N4C5CC6CC7(NC(=O)c8ncccc8Cl)CC4C57C6)cn3)c3c(C#N)cnn3c2)nc1. The zero-order chi connectivity index (χ0) is 32.3. The predicted octanol–water partition coefficient (Wildman–Crippen LogP) is 4.93. The van der Waals surface area contributed by atoms with Crippen LogP contribution in [0.1, 0.15) is 61.1 Å². The number of hydrogen-bond donors (Lipinski definition) is 2. The molecule has 2 bridgehead atoms. The molecule has 1 amide bonds. The van der Waals surface area contributed by atoms with Gasteiger partial charge in [-0.05, 0) is 69.7 Å². The van der Waals surface area contributed by atoms with E-state index in [9.17, 15) is 15.2 Å². The van der Waals surface area contributed by atoms with Crippen molar-refractivity contribution in [1.82, 2.24) is 34.9 Å². The van der Waals surface area contributed by atoms with E-state index < -0.39 is 5.60 Å². The summed E-state index contributed by atoms with van der Waals surface area (Å²) >= 11 is 6.30. The van der Waals surface area contributed by atoms with Crippen LogP contribution in [-0.4, -0.2) is 58.2 Å². The topological polar surface area (TPSA) is 145 Å². The number of pyridine rings is 3. The standard InChI is InChI=1S/C35H30ClN9O2/c1-33(2,47)22-5-6-25(39-15-22)20-9-23(31-21(13-37)14-42-44(31)18-20)26-16-41-29(17-40-26)45-27-8-19-10-34(12-28(45)35(27,34)11-19)43-32(46)30-24(36)4-3-7-38-30/h3-7,9,14-19,27-28,47H,8,10-12H2,1-2H3,(H,43,46). The van der Waals surface area contributed by atoms with Crippen LogP contribution in [0.15, 0.2) is 67.5 Å². The van der Waals surface area contributed by atoms with Gasteiger partial charge in [-0.15, -0.1) is 0 Å². The molecular formula is C35H30ClN9O2. The first-order chi connectivity index (χ1) is 22.6. The lowest BCUT2D eigenvalue weighted by molar-refractivity contribution is -0.117. The summed E-state index contributed by atoms with van der Waals surface area (Å²) < 4.78 is 1.68. The van der Waals surface area contributed by atoms with Crippen LogP contribution in [0.5, 0.6) is 0 Å². The Balaban J connectivity index is 1.02. The Morgan fingerprint density at radius 3 is 2.64 bits per heavy atom. The molecule has 5 unspecified atom stereocenters. The highest BCUT2D eigenvalue weighted by molar-refractivity contribution is 6.33. The molecule has 47 heavy (non-hydrogen) atoms. The molecule has 9 rings (SSSR count). The minimum absolute atomic E-state index is 0.0303. The van der Waals surface area contributed by atoms with Crippen molar-refractivity contribution < 1.29 is 9.90 Å². The number of fused-ring (bicyclic) bond motifs is 2. The Morgan fingerprint density at radius 2 is 1.91 bits per heavy atom. The van der Waals surface area contributed by atoms with Gasteiger partial charge in [-0.3, -0.25) is 14.8 Å². The number of carbonyl (C=O) groups is 1. The van der Waals surface area contributed by atoms with Crippen molar-refractivity contribution in [2.75, 3.05) is 4.90 Å². The largest absolute Gasteiger partial charge is 0.386 e. The van der Waals surface area contributed by atoms with E-state index in [0.717, 1.165) is 42.6 Å². The molecule has 4 fully saturated rings. The monoisotopic (exact) mass is 643 g/mol. The highest BCUT2D eigenvalue weighted by Gasteiger charge is 2.84. The molecule has 0 radical (unpaired) electrons. The average Bonchev–Trinajstić information content (AvgIpc) is 3.72. The fraction of sp³-hybridized carbons (Fsp3) is 0.343. The van der Waals surface area contributed by atoms with Crippen LogP contribution in [-0.2, 0) is 5.60 Å². The van der Waals surface area contributed by atoms with Crippen molar-refractivity contribution in [2.45, 2.75) is 62.8 Å². The zero-order valence-electron chi connectivity index (χ0n) is 25.7. The van der Waals surface area contributed by atoms with E-state index in [1.807, 2.05) is 30.6 Å². The number of carbonyl (C=O) groups excluding carboxylic acids is 1. The van der Waals surface area contributed by atoms with Gasteiger partial charge in [0.15, 0.2) is 0 Å². The van der Waals surface area contributed by atoms with E-state index >= 15 is 0 Å². The van der Waals surface area contributed by atoms with Gasteiger partial charge in [0.2, 0.25) is 0 Å². The van der Waals surface area contributed by atoms with Gasteiger partial charge < -0.3 is 15.3 Å². The van der Waals surface area contributed by atoms with E-state index in [-0.39, 0.29) is 34.6 Å². The molecule has 12 heteroatoms. The third kappa shape index (κ3) is 3.82. The number of hydrogen-bond acceptors (Lipinski definition) is 9. The van der Waals surface area contributed by atoms with E-state index in [2.05, 4.69) is 31.4 Å². The number of nitrogens with one attached hydrogen (secondary N) is 1. The molecule has 1 saturated heterocycles. The third-order valence-corrected chi connectivity index (χ3v) is 11.4. The number of rotatable bonds is 6. The molecule has 0 aromatic carbocycles. The molecule has 5 aromatic heterocycles. The molecular weight excluding hydrogens is 614 g/mol. The summed E-state index contributed by atoms with van der Waals surface area (Å²) in [5.74, 6) is 1.17. The lowest BCUT2D eigenvalue weighted by Gasteiger charge is -2.77. The second kappa shape index (κ2) is 9.56. The second-order valence-corrected chi connectivity index (χ2v) is 14.3. The van der Waals surface area contributed by atoms with Crippen LogP contribution in [0.25, 0.3) is 28.0 Å². The van der Waals surface area contributed by atoms with Crippen LogP contribution < -0.4 is 10.2 Å². The first-order valence-corrected chi connectivity index (χ1v) is 16.1. The summed E-state index contributed by atoms with van der Waals surface area (Å²) in [6.45, 7) is 3.44. The number of anilines is 1. The van der Waals surface area contributed by atoms with E-state index in [4.69, 9.17) is 21.6 Å². The van der Waals surface area contributed by atoms with Gasteiger partial charge in [0.25, 0.3) is 5.91 Å². The minimum atomic E-state index is -1.00. The maximum Gasteiger partial charge on any atom is 0.271 e. The number of amides is 1. The van der Waals surface area contributed by atoms with Crippen molar-refractivity contribution in [1.29, 1.82) is 5.26 Å². The fourth-order valence-electron chi connectivity index (χ4n) is 9.18. The quantitative estimate of drug-likeness (QED) is 0.263. The molecule has 4 aliphatic rings. The maximum atomic E-state index is 13.3. The van der Waals surface area contributed by atoms with Crippen molar-refractivity contribution in [3.8, 4) is 28.6 Å². The molecule has 3 aliphatic carbocycles. The average molecular weight is 644 g/mol. The smallest absolute Gasteiger partial charge is 0.271 e. The highest BCUT2D eigenvalue weighted by Crippen LogP contribution is 2.78. The Morgan fingerprint density at radius 1 is 1.06 bits per heavy atom. The first-order valence-electron chi connectivity index (χ1n) is 15.8. The van der Waals surface area contributed by atoms with E-state index in [0.29, 0.717) is 39.0 Å². The molecule has 1 aliphatic heterocycles. The minimum Gasteiger partial charge on any atom is -0.386 e. The fourth-order valence-corrected chi connectivity index (χ4v) is 9.38. The predicted molar refractivity (Wildman–Crippen MR) is 173 cm³/mol. The summed E-state index contributed by atoms with van der Waals surface area (Å²) in [6, 6.07) is 11.9. The van der Waals surface area contributed by atoms with Crippen LogP contribution in [0, 0.1) is 22.7 Å². The normalized spacial score (nSPS) is 26.8. The molecule has 6 heterocycles. The van der Waals surface area contributed by atoms with Gasteiger partial charge in [0.05, 0.1) is 57.2 Å². The summed E-state index contributed by atoms with van der Waals surface area (Å²) in [5, 5.41) is 28.4. The van der Waals surface area contributed by atoms with Gasteiger partial charge in [-0.2, -0.15) is 10.4 Å². The van der Waals surface area contributed by atoms with Crippen LogP contribution in [0.4, 0.5) is 5.82 Å². The number of nitrogens with zero attached hydrogens (tertiary/aromatic N) is 8. The first kappa shape index (κ1) is 28.3. The molecule has 3 saturated carbocycles. The van der Waals surface area contributed by atoms with Gasteiger partial charge in [0, 0.05) is 52.8 Å². The van der Waals surface area contributed by atoms with Crippen LogP contribution >= 0.6 is 11.6 Å². The van der Waals surface area contributed by atoms with Gasteiger partial charge in [0.1, 0.15) is 17.6 Å². The molecule has 1 spiro atoms. The summed E-state index contributed by atoms with van der Waals surface area (Å²) in [4.78, 5) is 34.3. The molecule has 2 N–H and O–H groups in total. The third-order valence-electron chi connectivity index (χ3n) is 11.1. The van der Waals surface area contributed by atoms with E-state index in [1.165, 1.54) is 0 Å². The van der Waals surface area contributed by atoms with Crippen molar-refractivity contribution in [3.63, 3.8) is 0 Å². The highest BCUT2D eigenvalue weighted by atomic mass is 35.5. The van der Waals surface area contributed by atoms with Crippen LogP contribution in [0.2, 0.25) is 5.02 Å². The Labute approximate surface area is 275 Å². The van der Waals surface area contributed by atoms with Gasteiger partial charge >= 0.3 is 0 Å². The molecule has 11 nitrogen and oxygen atoms in total. The van der Waals surface area contributed by atoms with E-state index in [1.54, 1.807) is 55.3 Å². The van der Waals surface area contributed by atoms with Crippen molar-refractivity contribution in [2.24, 2.45) is 11.3 Å².